The van der Waals surface area contributed by atoms with E-state index >= 15 is 0 Å². The third kappa shape index (κ3) is 3.58. The van der Waals surface area contributed by atoms with Crippen LogP contribution in [0.15, 0.2) is 24.3 Å². The Morgan fingerprint density at radius 3 is 2.44 bits per heavy atom. The van der Waals surface area contributed by atoms with Gasteiger partial charge in [0.15, 0.2) is 0 Å². The Kier molecular flexibility index (Phi) is 5.36. The molecule has 4 nitrogen and oxygen atoms in total. The number of benzene rings is 1. The van der Waals surface area contributed by atoms with Crippen molar-refractivity contribution in [3.8, 4) is 0 Å². The highest BCUT2D eigenvalue weighted by Crippen LogP contribution is 2.11. The molecule has 0 bridgehead atoms. The van der Waals surface area contributed by atoms with Crippen LogP contribution < -0.4 is 0 Å². The van der Waals surface area contributed by atoms with Gasteiger partial charge >= 0.3 is 5.97 Å². The molecule has 1 N–H and O–H groups in total. The molecule has 1 aromatic carbocycles. The van der Waals surface area contributed by atoms with Gasteiger partial charge in [0.05, 0.1) is 12.0 Å². The minimum absolute atomic E-state index is 0.0203. The fraction of sp³-hybridized carbons (Fsp3) is 0.429. The van der Waals surface area contributed by atoms with Crippen LogP contribution in [0.5, 0.6) is 0 Å². The molecule has 0 heterocycles. The number of rotatable bonds is 6. The van der Waals surface area contributed by atoms with Crippen molar-refractivity contribution in [2.24, 2.45) is 0 Å². The average Bonchev–Trinajstić information content (AvgIpc) is 2.36. The van der Waals surface area contributed by atoms with E-state index < -0.39 is 5.97 Å². The van der Waals surface area contributed by atoms with Crippen molar-refractivity contribution < 1.29 is 14.7 Å². The summed E-state index contributed by atoms with van der Waals surface area (Å²) in [5.74, 6) is -1.01. The second kappa shape index (κ2) is 6.79. The molecule has 0 atom stereocenters. The fourth-order valence-electron chi connectivity index (χ4n) is 1.89. The second-order valence-corrected chi connectivity index (χ2v) is 4.11. The van der Waals surface area contributed by atoms with Gasteiger partial charge in [-0.05, 0) is 25.0 Å². The molecule has 98 valence electrons. The average molecular weight is 249 g/mol. The molecule has 1 amide bonds. The van der Waals surface area contributed by atoms with Gasteiger partial charge in [-0.25, -0.2) is 4.79 Å². The number of carboxylic acids is 1. The fourth-order valence-corrected chi connectivity index (χ4v) is 1.89. The molecule has 0 unspecified atom stereocenters. The van der Waals surface area contributed by atoms with Crippen LogP contribution in [0.3, 0.4) is 0 Å². The van der Waals surface area contributed by atoms with Crippen LogP contribution in [0.4, 0.5) is 0 Å². The van der Waals surface area contributed by atoms with Gasteiger partial charge in [0.25, 0.3) is 0 Å². The van der Waals surface area contributed by atoms with Crippen LogP contribution in [0.2, 0.25) is 0 Å². The third-order valence-electron chi connectivity index (χ3n) is 2.82. The number of carboxylic acid groups (broad SMARTS) is 1. The highest BCUT2D eigenvalue weighted by atomic mass is 16.4. The van der Waals surface area contributed by atoms with Crippen molar-refractivity contribution in [3.63, 3.8) is 0 Å². The maximum Gasteiger partial charge on any atom is 0.335 e. The predicted molar refractivity (Wildman–Crippen MR) is 69.7 cm³/mol. The van der Waals surface area contributed by atoms with E-state index in [2.05, 4.69) is 0 Å². The molecular weight excluding hydrogens is 230 g/mol. The van der Waals surface area contributed by atoms with E-state index in [1.54, 1.807) is 23.1 Å². The lowest BCUT2D eigenvalue weighted by molar-refractivity contribution is -0.130. The minimum Gasteiger partial charge on any atom is -0.478 e. The summed E-state index contributed by atoms with van der Waals surface area (Å²) in [5, 5.41) is 9.05. The van der Waals surface area contributed by atoms with Crippen LogP contribution in [0.25, 0.3) is 0 Å². The summed E-state index contributed by atoms with van der Waals surface area (Å²) in [6.07, 6.45) is 1.05. The number of likely N-dealkylation sites (N-methyl/N-ethyl adjacent to an activating group) is 1. The van der Waals surface area contributed by atoms with E-state index in [-0.39, 0.29) is 17.9 Å². The van der Waals surface area contributed by atoms with Crippen LogP contribution in [-0.4, -0.2) is 35.0 Å². The number of aromatic carboxylic acids is 1. The number of hydrogen-bond donors (Lipinski definition) is 1. The molecule has 0 radical (unpaired) electrons. The minimum atomic E-state index is -0.989. The Morgan fingerprint density at radius 2 is 1.89 bits per heavy atom. The van der Waals surface area contributed by atoms with E-state index in [1.807, 2.05) is 13.8 Å². The molecular formula is C14H19NO3. The molecule has 0 saturated carbocycles. The maximum atomic E-state index is 12.0. The van der Waals surface area contributed by atoms with E-state index in [4.69, 9.17) is 5.11 Å². The Balaban J connectivity index is 2.84. The Bertz CT molecular complexity index is 429. The molecule has 1 aromatic rings. The Labute approximate surface area is 107 Å². The lowest BCUT2D eigenvalue weighted by atomic mass is 10.0. The Hall–Kier alpha value is -1.84. The largest absolute Gasteiger partial charge is 0.478 e. The zero-order valence-electron chi connectivity index (χ0n) is 10.8. The SMILES string of the molecule is CCCN(CC)C(=O)Cc1ccccc1C(=O)O. The van der Waals surface area contributed by atoms with Crippen LogP contribution in [0.1, 0.15) is 36.2 Å². The first kappa shape index (κ1) is 14.2. The molecule has 0 spiro atoms. The quantitative estimate of drug-likeness (QED) is 0.840. The van der Waals surface area contributed by atoms with Gasteiger partial charge in [-0.3, -0.25) is 4.79 Å². The van der Waals surface area contributed by atoms with E-state index in [0.29, 0.717) is 18.7 Å². The molecule has 0 aliphatic heterocycles. The summed E-state index contributed by atoms with van der Waals surface area (Å²) in [5.41, 5.74) is 0.781. The summed E-state index contributed by atoms with van der Waals surface area (Å²) in [6, 6.07) is 6.65. The lowest BCUT2D eigenvalue weighted by Gasteiger charge is -2.20. The van der Waals surface area contributed by atoms with Crippen molar-refractivity contribution in [1.29, 1.82) is 0 Å². The van der Waals surface area contributed by atoms with Crippen LogP contribution in [-0.2, 0) is 11.2 Å². The van der Waals surface area contributed by atoms with Crippen molar-refractivity contribution >= 4 is 11.9 Å². The van der Waals surface area contributed by atoms with Crippen molar-refractivity contribution in [1.82, 2.24) is 4.90 Å². The molecule has 0 fully saturated rings. The molecule has 4 heteroatoms. The molecule has 0 aliphatic rings. The van der Waals surface area contributed by atoms with Crippen molar-refractivity contribution in [2.75, 3.05) is 13.1 Å². The number of nitrogens with zero attached hydrogens (tertiary/aromatic N) is 1. The van der Waals surface area contributed by atoms with Crippen LogP contribution >= 0.6 is 0 Å². The molecule has 0 saturated heterocycles. The summed E-state index contributed by atoms with van der Waals surface area (Å²) < 4.78 is 0. The van der Waals surface area contributed by atoms with Gasteiger partial charge in [0.1, 0.15) is 0 Å². The standard InChI is InChI=1S/C14H19NO3/c1-3-9-15(4-2)13(16)10-11-7-5-6-8-12(11)14(17)18/h5-8H,3-4,9-10H2,1-2H3,(H,17,18). The highest BCUT2D eigenvalue weighted by Gasteiger charge is 2.15. The van der Waals surface area contributed by atoms with Gasteiger partial charge in [-0.2, -0.15) is 0 Å². The van der Waals surface area contributed by atoms with Gasteiger partial charge in [0, 0.05) is 13.1 Å². The summed E-state index contributed by atoms with van der Waals surface area (Å²) in [6.45, 7) is 5.31. The van der Waals surface area contributed by atoms with Crippen molar-refractivity contribution in [3.05, 3.63) is 35.4 Å². The first-order chi connectivity index (χ1) is 8.60. The number of carbonyl (C=O) groups is 2. The highest BCUT2D eigenvalue weighted by molar-refractivity contribution is 5.91. The summed E-state index contributed by atoms with van der Waals surface area (Å²) in [7, 11) is 0. The molecule has 0 aliphatic carbocycles. The third-order valence-corrected chi connectivity index (χ3v) is 2.82. The van der Waals surface area contributed by atoms with Gasteiger partial charge in [0.2, 0.25) is 5.91 Å². The lowest BCUT2D eigenvalue weighted by Crippen LogP contribution is -2.33. The first-order valence-corrected chi connectivity index (χ1v) is 6.19. The topological polar surface area (TPSA) is 57.6 Å². The molecule has 1 rings (SSSR count). The monoisotopic (exact) mass is 249 g/mol. The smallest absolute Gasteiger partial charge is 0.335 e. The molecule has 0 aromatic heterocycles. The number of amides is 1. The predicted octanol–water partition coefficient (Wildman–Crippen LogP) is 2.19. The zero-order valence-corrected chi connectivity index (χ0v) is 10.8. The normalized spacial score (nSPS) is 10.1. The maximum absolute atomic E-state index is 12.0. The number of carbonyl (C=O) groups excluding carboxylic acids is 1. The van der Waals surface area contributed by atoms with E-state index in [1.165, 1.54) is 6.07 Å². The second-order valence-electron chi connectivity index (χ2n) is 4.11. The van der Waals surface area contributed by atoms with Crippen molar-refractivity contribution in [2.45, 2.75) is 26.7 Å². The van der Waals surface area contributed by atoms with Gasteiger partial charge in [-0.15, -0.1) is 0 Å². The zero-order chi connectivity index (χ0) is 13.5. The van der Waals surface area contributed by atoms with Gasteiger partial charge < -0.3 is 10.0 Å². The van der Waals surface area contributed by atoms with E-state index in [9.17, 15) is 9.59 Å². The molecule has 18 heavy (non-hydrogen) atoms. The Morgan fingerprint density at radius 1 is 1.22 bits per heavy atom. The summed E-state index contributed by atoms with van der Waals surface area (Å²) in [4.78, 5) is 24.8. The van der Waals surface area contributed by atoms with Crippen LogP contribution in [0, 0.1) is 0 Å². The van der Waals surface area contributed by atoms with Gasteiger partial charge in [-0.1, -0.05) is 25.1 Å². The van der Waals surface area contributed by atoms with E-state index in [0.717, 1.165) is 6.42 Å². The first-order valence-electron chi connectivity index (χ1n) is 6.19. The summed E-state index contributed by atoms with van der Waals surface area (Å²) >= 11 is 0. The number of hydrogen-bond acceptors (Lipinski definition) is 2.